The molecule has 156 valence electrons. The van der Waals surface area contributed by atoms with Crippen LogP contribution in [0.1, 0.15) is 21.5 Å². The van der Waals surface area contributed by atoms with E-state index in [4.69, 9.17) is 4.42 Å². The van der Waals surface area contributed by atoms with Gasteiger partial charge in [0.05, 0.1) is 5.39 Å². The maximum atomic E-state index is 12.6. The molecule has 5 heteroatoms. The van der Waals surface area contributed by atoms with Crippen LogP contribution in [0.2, 0.25) is 0 Å². The average molecular weight is 412 g/mol. The molecule has 1 N–H and O–H groups in total. The Hall–Kier alpha value is -3.86. The molecule has 0 radical (unpaired) electrons. The number of hydrogen-bond donors (Lipinski definition) is 1. The highest BCUT2D eigenvalue weighted by Crippen LogP contribution is 2.25. The van der Waals surface area contributed by atoms with Crippen molar-refractivity contribution in [2.45, 2.75) is 13.8 Å². The summed E-state index contributed by atoms with van der Waals surface area (Å²) in [5, 5.41) is 3.48. The van der Waals surface area contributed by atoms with Crippen LogP contribution < -0.4 is 15.6 Å². The molecule has 0 atom stereocenters. The van der Waals surface area contributed by atoms with Crippen molar-refractivity contribution < 1.29 is 9.21 Å². The highest BCUT2D eigenvalue weighted by atomic mass is 16.3. The maximum absolute atomic E-state index is 12.6. The van der Waals surface area contributed by atoms with E-state index in [1.807, 2.05) is 69.2 Å². The SMILES string of the molecule is Cc1cc(C)c2oc(-c3ccc(C(=O)Nc4ccc(N(C)C)cc4)cc3)cc(=O)c2c1. The second kappa shape index (κ2) is 8.11. The lowest BCUT2D eigenvalue weighted by molar-refractivity contribution is 0.102. The van der Waals surface area contributed by atoms with Gasteiger partial charge in [-0.15, -0.1) is 0 Å². The summed E-state index contributed by atoms with van der Waals surface area (Å²) in [5.41, 5.74) is 5.51. The molecule has 0 unspecified atom stereocenters. The van der Waals surface area contributed by atoms with E-state index < -0.39 is 0 Å². The molecule has 0 aliphatic heterocycles. The zero-order valence-corrected chi connectivity index (χ0v) is 18.0. The highest BCUT2D eigenvalue weighted by Gasteiger charge is 2.11. The fraction of sp³-hybridized carbons (Fsp3) is 0.154. The summed E-state index contributed by atoms with van der Waals surface area (Å²) in [6.07, 6.45) is 0. The summed E-state index contributed by atoms with van der Waals surface area (Å²) in [6.45, 7) is 3.89. The first kappa shape index (κ1) is 20.4. The molecule has 0 spiro atoms. The second-order valence-electron chi connectivity index (χ2n) is 7.91. The van der Waals surface area contributed by atoms with Crippen LogP contribution in [-0.4, -0.2) is 20.0 Å². The van der Waals surface area contributed by atoms with Gasteiger partial charge in [0.2, 0.25) is 0 Å². The van der Waals surface area contributed by atoms with E-state index in [2.05, 4.69) is 5.32 Å². The van der Waals surface area contributed by atoms with E-state index in [-0.39, 0.29) is 11.3 Å². The Balaban J connectivity index is 1.58. The Morgan fingerprint density at radius 3 is 2.23 bits per heavy atom. The molecule has 0 saturated carbocycles. The Labute approximate surface area is 180 Å². The molecule has 31 heavy (non-hydrogen) atoms. The molecule has 0 aliphatic rings. The summed E-state index contributed by atoms with van der Waals surface area (Å²) in [5.74, 6) is 0.283. The molecule has 0 aliphatic carbocycles. The van der Waals surface area contributed by atoms with Crippen molar-refractivity contribution in [3.05, 3.63) is 93.6 Å². The molecule has 0 fully saturated rings. The largest absolute Gasteiger partial charge is 0.456 e. The second-order valence-corrected chi connectivity index (χ2v) is 7.91. The van der Waals surface area contributed by atoms with Gasteiger partial charge in [-0.3, -0.25) is 9.59 Å². The van der Waals surface area contributed by atoms with Crippen LogP contribution in [0.3, 0.4) is 0 Å². The molecule has 1 heterocycles. The molecule has 1 aromatic heterocycles. The monoisotopic (exact) mass is 412 g/mol. The molecule has 1 amide bonds. The quantitative estimate of drug-likeness (QED) is 0.488. The minimum absolute atomic E-state index is 0.0777. The van der Waals surface area contributed by atoms with Gasteiger partial charge in [0.25, 0.3) is 5.91 Å². The molecule has 5 nitrogen and oxygen atoms in total. The predicted molar refractivity (Wildman–Crippen MR) is 126 cm³/mol. The van der Waals surface area contributed by atoms with Crippen LogP contribution in [0.5, 0.6) is 0 Å². The first-order chi connectivity index (χ1) is 14.8. The lowest BCUT2D eigenvalue weighted by Gasteiger charge is -2.13. The Morgan fingerprint density at radius 2 is 1.58 bits per heavy atom. The number of fused-ring (bicyclic) bond motifs is 1. The number of nitrogens with zero attached hydrogens (tertiary/aromatic N) is 1. The third kappa shape index (κ3) is 4.21. The topological polar surface area (TPSA) is 62.6 Å². The van der Waals surface area contributed by atoms with Crippen LogP contribution in [0.15, 0.2) is 75.9 Å². The number of carbonyl (C=O) groups is 1. The van der Waals surface area contributed by atoms with Gasteiger partial charge in [-0.2, -0.15) is 0 Å². The zero-order valence-electron chi connectivity index (χ0n) is 18.0. The van der Waals surface area contributed by atoms with Crippen LogP contribution in [-0.2, 0) is 0 Å². The van der Waals surface area contributed by atoms with Crippen molar-refractivity contribution in [2.75, 3.05) is 24.3 Å². The fourth-order valence-corrected chi connectivity index (χ4v) is 3.58. The first-order valence-corrected chi connectivity index (χ1v) is 10.1. The minimum atomic E-state index is -0.199. The van der Waals surface area contributed by atoms with Crippen molar-refractivity contribution in [1.82, 2.24) is 0 Å². The summed E-state index contributed by atoms with van der Waals surface area (Å²) in [6, 6.07) is 20.0. The number of benzene rings is 3. The van der Waals surface area contributed by atoms with E-state index in [0.717, 1.165) is 28.1 Å². The van der Waals surface area contributed by atoms with Crippen molar-refractivity contribution >= 4 is 28.3 Å². The molecule has 0 saturated heterocycles. The van der Waals surface area contributed by atoms with Gasteiger partial charge >= 0.3 is 0 Å². The van der Waals surface area contributed by atoms with Crippen molar-refractivity contribution in [3.8, 4) is 11.3 Å². The van der Waals surface area contributed by atoms with E-state index in [9.17, 15) is 9.59 Å². The first-order valence-electron chi connectivity index (χ1n) is 10.1. The van der Waals surface area contributed by atoms with Crippen LogP contribution in [0.25, 0.3) is 22.3 Å². The van der Waals surface area contributed by atoms with E-state index in [1.54, 1.807) is 24.3 Å². The van der Waals surface area contributed by atoms with Crippen molar-refractivity contribution in [2.24, 2.45) is 0 Å². The van der Waals surface area contributed by atoms with E-state index in [1.165, 1.54) is 6.07 Å². The number of nitrogens with one attached hydrogen (secondary N) is 1. The number of anilines is 2. The Kier molecular flexibility index (Phi) is 5.34. The molecule has 4 aromatic rings. The average Bonchev–Trinajstić information content (AvgIpc) is 2.75. The third-order valence-electron chi connectivity index (χ3n) is 5.23. The minimum Gasteiger partial charge on any atom is -0.456 e. The summed E-state index contributed by atoms with van der Waals surface area (Å²) in [4.78, 5) is 27.2. The van der Waals surface area contributed by atoms with Gasteiger partial charge in [-0.25, -0.2) is 0 Å². The summed E-state index contributed by atoms with van der Waals surface area (Å²) in [7, 11) is 3.93. The van der Waals surface area contributed by atoms with Gasteiger partial charge in [0.1, 0.15) is 11.3 Å². The maximum Gasteiger partial charge on any atom is 0.255 e. The third-order valence-corrected chi connectivity index (χ3v) is 5.23. The Bertz CT molecular complexity index is 1320. The predicted octanol–water partition coefficient (Wildman–Crippen LogP) is 5.40. The summed E-state index contributed by atoms with van der Waals surface area (Å²) < 4.78 is 6.04. The van der Waals surface area contributed by atoms with Gasteiger partial charge in [-0.1, -0.05) is 18.2 Å². The molecular weight excluding hydrogens is 388 g/mol. The van der Waals surface area contributed by atoms with E-state index in [0.29, 0.717) is 22.3 Å². The van der Waals surface area contributed by atoms with Crippen molar-refractivity contribution in [3.63, 3.8) is 0 Å². The number of hydrogen-bond acceptors (Lipinski definition) is 4. The number of amides is 1. The molecule has 0 bridgehead atoms. The molecule has 4 rings (SSSR count). The van der Waals surface area contributed by atoms with Crippen LogP contribution >= 0.6 is 0 Å². The lowest BCUT2D eigenvalue weighted by Crippen LogP contribution is -2.12. The van der Waals surface area contributed by atoms with Gasteiger partial charge in [0.15, 0.2) is 5.43 Å². The zero-order chi connectivity index (χ0) is 22.1. The number of rotatable bonds is 4. The van der Waals surface area contributed by atoms with Crippen LogP contribution in [0.4, 0.5) is 11.4 Å². The number of aryl methyl sites for hydroxylation is 2. The Morgan fingerprint density at radius 1 is 0.903 bits per heavy atom. The highest BCUT2D eigenvalue weighted by molar-refractivity contribution is 6.04. The van der Waals surface area contributed by atoms with Crippen molar-refractivity contribution in [1.29, 1.82) is 0 Å². The summed E-state index contributed by atoms with van der Waals surface area (Å²) >= 11 is 0. The van der Waals surface area contributed by atoms with Gasteiger partial charge in [0, 0.05) is 42.7 Å². The van der Waals surface area contributed by atoms with Gasteiger partial charge < -0.3 is 14.6 Å². The fourth-order valence-electron chi connectivity index (χ4n) is 3.58. The molecular formula is C26H24N2O3. The van der Waals surface area contributed by atoms with Gasteiger partial charge in [-0.05, 0) is 67.4 Å². The normalized spacial score (nSPS) is 10.8. The van der Waals surface area contributed by atoms with Crippen LogP contribution in [0, 0.1) is 13.8 Å². The van der Waals surface area contributed by atoms with E-state index >= 15 is 0 Å². The molecule has 3 aromatic carbocycles. The smallest absolute Gasteiger partial charge is 0.255 e. The number of carbonyl (C=O) groups excluding carboxylic acids is 1. The standard InChI is InChI=1S/C26H24N2O3/c1-16-13-17(2)25-22(14-16)23(29)15-24(31-25)18-5-7-19(8-6-18)26(30)27-20-9-11-21(12-10-20)28(3)4/h5-15H,1-4H3,(H,27,30). The lowest BCUT2D eigenvalue weighted by atomic mass is 10.1.